The van der Waals surface area contributed by atoms with Gasteiger partial charge in [-0.15, -0.1) is 10.2 Å². The van der Waals surface area contributed by atoms with E-state index >= 15 is 0 Å². The van der Waals surface area contributed by atoms with Gasteiger partial charge in [-0.2, -0.15) is 8.78 Å². The van der Waals surface area contributed by atoms with Crippen LogP contribution in [0, 0.1) is 13.8 Å². The highest BCUT2D eigenvalue weighted by molar-refractivity contribution is 7.98. The Balaban J connectivity index is 1.88. The van der Waals surface area contributed by atoms with Crippen molar-refractivity contribution in [2.24, 2.45) is 0 Å². The molecule has 0 fully saturated rings. The minimum absolute atomic E-state index is 0.293. The van der Waals surface area contributed by atoms with Crippen LogP contribution >= 0.6 is 11.8 Å². The summed E-state index contributed by atoms with van der Waals surface area (Å²) in [5.41, 5.74) is 2.07. The number of aromatic nitrogens is 5. The van der Waals surface area contributed by atoms with Crippen molar-refractivity contribution < 1.29 is 8.78 Å². The van der Waals surface area contributed by atoms with Gasteiger partial charge in [0.25, 0.3) is 0 Å². The molecule has 0 N–H and O–H groups in total. The third-order valence-electron chi connectivity index (χ3n) is 3.44. The minimum Gasteiger partial charge on any atom is -0.277 e. The van der Waals surface area contributed by atoms with E-state index < -0.39 is 6.55 Å². The number of halogens is 2. The summed E-state index contributed by atoms with van der Waals surface area (Å²) in [6, 6.07) is 7.90. The number of hydrogen-bond acceptors (Lipinski definition) is 4. The van der Waals surface area contributed by atoms with Gasteiger partial charge >= 0.3 is 6.55 Å². The second-order valence-corrected chi connectivity index (χ2v) is 5.91. The Morgan fingerprint density at radius 2 is 1.96 bits per heavy atom. The first-order chi connectivity index (χ1) is 11.1. The molecule has 2 heterocycles. The molecule has 23 heavy (non-hydrogen) atoms. The zero-order valence-electron chi connectivity index (χ0n) is 12.6. The molecule has 5 nitrogen and oxygen atoms in total. The van der Waals surface area contributed by atoms with Crippen LogP contribution in [-0.2, 0) is 5.75 Å². The summed E-state index contributed by atoms with van der Waals surface area (Å²) >= 11 is 1.33. The molecule has 8 heteroatoms. The van der Waals surface area contributed by atoms with Gasteiger partial charge in [-0.25, -0.2) is 4.98 Å². The summed E-state index contributed by atoms with van der Waals surface area (Å²) in [5, 5.41) is 8.92. The summed E-state index contributed by atoms with van der Waals surface area (Å²) in [5.74, 6) is 1.35. The van der Waals surface area contributed by atoms with E-state index in [2.05, 4.69) is 15.2 Å². The normalized spacial score (nSPS) is 11.3. The standard InChI is InChI=1S/C15H15F2N5S/c1-10-5-3-4-6-12(10)22-11(2)19-20-15(22)23-9-13-18-7-8-21(13)14(16)17/h3-8,14H,9H2,1-2H3. The van der Waals surface area contributed by atoms with Crippen molar-refractivity contribution in [1.82, 2.24) is 24.3 Å². The molecule has 0 amide bonds. The lowest BCUT2D eigenvalue weighted by atomic mass is 10.2. The molecule has 1 aromatic carbocycles. The Morgan fingerprint density at radius 1 is 1.17 bits per heavy atom. The monoisotopic (exact) mass is 335 g/mol. The van der Waals surface area contributed by atoms with E-state index in [9.17, 15) is 8.78 Å². The molecular weight excluding hydrogens is 320 g/mol. The van der Waals surface area contributed by atoms with Crippen molar-refractivity contribution in [1.29, 1.82) is 0 Å². The molecular formula is C15H15F2N5S. The number of aryl methyl sites for hydroxylation is 2. The quantitative estimate of drug-likeness (QED) is 0.666. The molecule has 2 aromatic heterocycles. The topological polar surface area (TPSA) is 48.5 Å². The number of rotatable bonds is 5. The lowest BCUT2D eigenvalue weighted by Gasteiger charge is -2.11. The molecule has 3 rings (SSSR count). The molecule has 0 bridgehead atoms. The summed E-state index contributed by atoms with van der Waals surface area (Å²) in [4.78, 5) is 3.98. The fraction of sp³-hybridized carbons (Fsp3) is 0.267. The van der Waals surface area contributed by atoms with Crippen LogP contribution < -0.4 is 0 Å². The maximum atomic E-state index is 12.9. The van der Waals surface area contributed by atoms with Crippen LogP contribution in [-0.4, -0.2) is 24.3 Å². The average Bonchev–Trinajstić information content (AvgIpc) is 3.12. The van der Waals surface area contributed by atoms with Crippen molar-refractivity contribution in [3.8, 4) is 5.69 Å². The highest BCUT2D eigenvalue weighted by Crippen LogP contribution is 2.27. The van der Waals surface area contributed by atoms with E-state index in [-0.39, 0.29) is 0 Å². The first kappa shape index (κ1) is 15.7. The van der Waals surface area contributed by atoms with Crippen LogP contribution in [0.1, 0.15) is 23.8 Å². The molecule has 0 saturated carbocycles. The van der Waals surface area contributed by atoms with E-state index in [0.29, 0.717) is 16.7 Å². The maximum absolute atomic E-state index is 12.9. The zero-order chi connectivity index (χ0) is 16.4. The number of benzene rings is 1. The maximum Gasteiger partial charge on any atom is 0.319 e. The largest absolute Gasteiger partial charge is 0.319 e. The van der Waals surface area contributed by atoms with E-state index in [0.717, 1.165) is 21.6 Å². The summed E-state index contributed by atoms with van der Waals surface area (Å²) in [7, 11) is 0. The van der Waals surface area contributed by atoms with Crippen LogP contribution in [0.25, 0.3) is 5.69 Å². The number of nitrogens with zero attached hydrogens (tertiary/aromatic N) is 5. The predicted molar refractivity (Wildman–Crippen MR) is 83.9 cm³/mol. The minimum atomic E-state index is -2.59. The van der Waals surface area contributed by atoms with Gasteiger partial charge < -0.3 is 0 Å². The smallest absolute Gasteiger partial charge is 0.277 e. The van der Waals surface area contributed by atoms with Crippen LogP contribution in [0.3, 0.4) is 0 Å². The van der Waals surface area contributed by atoms with Crippen molar-refractivity contribution >= 4 is 11.8 Å². The molecule has 0 unspecified atom stereocenters. The number of imidazole rings is 1. The van der Waals surface area contributed by atoms with Gasteiger partial charge in [0.1, 0.15) is 11.6 Å². The highest BCUT2D eigenvalue weighted by Gasteiger charge is 2.16. The van der Waals surface area contributed by atoms with Crippen LogP contribution in [0.4, 0.5) is 8.78 Å². The third kappa shape index (κ3) is 3.12. The second kappa shape index (κ2) is 6.49. The van der Waals surface area contributed by atoms with Crippen LogP contribution in [0.2, 0.25) is 0 Å². The number of alkyl halides is 2. The van der Waals surface area contributed by atoms with E-state index in [1.165, 1.54) is 24.2 Å². The lowest BCUT2D eigenvalue weighted by molar-refractivity contribution is 0.0678. The van der Waals surface area contributed by atoms with Crippen LogP contribution in [0.15, 0.2) is 41.8 Å². The fourth-order valence-electron chi connectivity index (χ4n) is 2.29. The number of para-hydroxylation sites is 1. The molecule has 0 aliphatic heterocycles. The number of thioether (sulfide) groups is 1. The first-order valence-electron chi connectivity index (χ1n) is 6.98. The predicted octanol–water partition coefficient (Wildman–Crippen LogP) is 3.77. The molecule has 0 radical (unpaired) electrons. The highest BCUT2D eigenvalue weighted by atomic mass is 32.2. The Bertz CT molecular complexity index is 812. The van der Waals surface area contributed by atoms with Gasteiger partial charge in [-0.3, -0.25) is 9.13 Å². The molecule has 0 saturated heterocycles. The van der Waals surface area contributed by atoms with Gasteiger partial charge in [0, 0.05) is 12.4 Å². The molecule has 120 valence electrons. The van der Waals surface area contributed by atoms with Gasteiger partial charge in [-0.1, -0.05) is 30.0 Å². The molecule has 0 aliphatic carbocycles. The van der Waals surface area contributed by atoms with Crippen molar-refractivity contribution in [2.75, 3.05) is 0 Å². The fourth-order valence-corrected chi connectivity index (χ4v) is 3.23. The third-order valence-corrected chi connectivity index (χ3v) is 4.37. The first-order valence-corrected chi connectivity index (χ1v) is 7.97. The average molecular weight is 335 g/mol. The Kier molecular flexibility index (Phi) is 4.42. The van der Waals surface area contributed by atoms with Gasteiger partial charge in [0.2, 0.25) is 0 Å². The van der Waals surface area contributed by atoms with E-state index in [1.54, 1.807) is 0 Å². The Labute approximate surface area is 136 Å². The van der Waals surface area contributed by atoms with E-state index in [1.807, 2.05) is 42.7 Å². The number of hydrogen-bond donors (Lipinski definition) is 0. The SMILES string of the molecule is Cc1ccccc1-n1c(C)nnc1SCc1nccn1C(F)F. The van der Waals surface area contributed by atoms with Gasteiger partial charge in [0.15, 0.2) is 5.16 Å². The van der Waals surface area contributed by atoms with Gasteiger partial charge in [0.05, 0.1) is 11.4 Å². The van der Waals surface area contributed by atoms with E-state index in [4.69, 9.17) is 0 Å². The Hall–Kier alpha value is -2.22. The van der Waals surface area contributed by atoms with Crippen molar-refractivity contribution in [3.05, 3.63) is 53.9 Å². The van der Waals surface area contributed by atoms with Crippen molar-refractivity contribution in [3.63, 3.8) is 0 Å². The van der Waals surface area contributed by atoms with Gasteiger partial charge in [-0.05, 0) is 25.5 Å². The molecule has 0 atom stereocenters. The molecule has 3 aromatic rings. The Morgan fingerprint density at radius 3 is 2.70 bits per heavy atom. The van der Waals surface area contributed by atoms with Crippen LogP contribution in [0.5, 0.6) is 0 Å². The summed E-state index contributed by atoms with van der Waals surface area (Å²) < 4.78 is 28.5. The molecule has 0 spiro atoms. The lowest BCUT2D eigenvalue weighted by Crippen LogP contribution is -2.04. The summed E-state index contributed by atoms with van der Waals surface area (Å²) in [6.07, 6.45) is 2.65. The van der Waals surface area contributed by atoms with Crippen molar-refractivity contribution in [2.45, 2.75) is 31.3 Å². The molecule has 0 aliphatic rings. The second-order valence-electron chi connectivity index (χ2n) is 4.97. The zero-order valence-corrected chi connectivity index (χ0v) is 13.5. The summed E-state index contributed by atoms with van der Waals surface area (Å²) in [6.45, 7) is 1.28.